The largest absolute Gasteiger partial charge is 0.356 e. The Bertz CT molecular complexity index is 228. The lowest BCUT2D eigenvalue weighted by atomic mass is 9.80. The molecule has 0 heterocycles. The Hall–Kier alpha value is -0.0500. The maximum absolute atomic E-state index is 11.9. The Morgan fingerprint density at radius 1 is 1.24 bits per heavy atom. The highest BCUT2D eigenvalue weighted by Crippen LogP contribution is 2.30. The number of carbonyl (C=O) groups is 1. The fraction of sp³-hybridized carbons (Fsp3) is 0.929. The number of hydrogen-bond donors (Lipinski definition) is 1. The summed E-state index contributed by atoms with van der Waals surface area (Å²) in [5.74, 6) is 1.90. The zero-order valence-corrected chi connectivity index (χ0v) is 12.8. The zero-order chi connectivity index (χ0) is 12.7. The number of alkyl halides is 1. The summed E-state index contributed by atoms with van der Waals surface area (Å²) in [5, 5.41) is 4.24. The van der Waals surface area contributed by atoms with Gasteiger partial charge in [0.1, 0.15) is 0 Å². The third-order valence-electron chi connectivity index (χ3n) is 4.16. The Kier molecular flexibility index (Phi) is 7.17. The highest BCUT2D eigenvalue weighted by molar-refractivity contribution is 9.09. The maximum Gasteiger partial charge on any atom is 0.223 e. The Morgan fingerprint density at radius 2 is 1.82 bits per heavy atom. The zero-order valence-electron chi connectivity index (χ0n) is 11.2. The lowest BCUT2D eigenvalue weighted by Crippen LogP contribution is -2.37. The number of rotatable bonds is 6. The molecule has 2 unspecified atom stereocenters. The molecule has 1 fully saturated rings. The molecule has 2 atom stereocenters. The Labute approximate surface area is 114 Å². The molecule has 0 bridgehead atoms. The molecule has 0 aromatic carbocycles. The van der Waals surface area contributed by atoms with Crippen LogP contribution in [0.15, 0.2) is 0 Å². The van der Waals surface area contributed by atoms with Gasteiger partial charge in [0, 0.05) is 17.8 Å². The van der Waals surface area contributed by atoms with Gasteiger partial charge in [0.15, 0.2) is 0 Å². The summed E-state index contributed by atoms with van der Waals surface area (Å²) in [6, 6.07) is 0. The molecule has 0 radical (unpaired) electrons. The van der Waals surface area contributed by atoms with E-state index in [-0.39, 0.29) is 11.8 Å². The molecule has 0 aromatic rings. The van der Waals surface area contributed by atoms with Crippen molar-refractivity contribution in [1.29, 1.82) is 0 Å². The average molecular weight is 304 g/mol. The predicted molar refractivity (Wildman–Crippen MR) is 76.3 cm³/mol. The molecule has 3 heteroatoms. The van der Waals surface area contributed by atoms with Crippen LogP contribution in [0.25, 0.3) is 0 Å². The number of nitrogens with one attached hydrogen (secondary N) is 1. The quantitative estimate of drug-likeness (QED) is 0.744. The molecule has 1 saturated carbocycles. The first-order valence-corrected chi connectivity index (χ1v) is 8.18. The molecule has 17 heavy (non-hydrogen) atoms. The number of amides is 1. The summed E-state index contributed by atoms with van der Waals surface area (Å²) in [5.41, 5.74) is 0. The van der Waals surface area contributed by atoms with E-state index in [2.05, 4.69) is 35.1 Å². The minimum absolute atomic E-state index is 0.209. The van der Waals surface area contributed by atoms with Crippen LogP contribution in [-0.2, 0) is 4.79 Å². The van der Waals surface area contributed by atoms with Crippen molar-refractivity contribution in [1.82, 2.24) is 5.32 Å². The van der Waals surface area contributed by atoms with E-state index in [4.69, 9.17) is 0 Å². The topological polar surface area (TPSA) is 29.1 Å². The van der Waals surface area contributed by atoms with E-state index >= 15 is 0 Å². The van der Waals surface area contributed by atoms with E-state index < -0.39 is 0 Å². The van der Waals surface area contributed by atoms with Gasteiger partial charge >= 0.3 is 0 Å². The monoisotopic (exact) mass is 303 g/mol. The summed E-state index contributed by atoms with van der Waals surface area (Å²) in [6.45, 7) is 5.07. The lowest BCUT2D eigenvalue weighted by molar-refractivity contribution is -0.125. The van der Waals surface area contributed by atoms with Gasteiger partial charge in [-0.05, 0) is 37.5 Å². The van der Waals surface area contributed by atoms with Crippen molar-refractivity contribution in [3.05, 3.63) is 0 Å². The maximum atomic E-state index is 11.9. The van der Waals surface area contributed by atoms with Crippen LogP contribution in [0.5, 0.6) is 0 Å². The van der Waals surface area contributed by atoms with Crippen molar-refractivity contribution in [3.63, 3.8) is 0 Å². The van der Waals surface area contributed by atoms with E-state index in [0.29, 0.717) is 5.92 Å². The third kappa shape index (κ3) is 4.61. The van der Waals surface area contributed by atoms with Gasteiger partial charge < -0.3 is 5.32 Å². The van der Waals surface area contributed by atoms with Gasteiger partial charge in [-0.25, -0.2) is 0 Å². The molecule has 1 aliphatic carbocycles. The predicted octanol–water partition coefficient (Wildman–Crippen LogP) is 3.74. The van der Waals surface area contributed by atoms with E-state index in [1.54, 1.807) is 0 Å². The average Bonchev–Trinajstić information content (AvgIpc) is 2.38. The van der Waals surface area contributed by atoms with Crippen molar-refractivity contribution in [3.8, 4) is 0 Å². The molecule has 1 rings (SSSR count). The molecule has 1 N–H and O–H groups in total. The van der Waals surface area contributed by atoms with E-state index in [0.717, 1.165) is 30.6 Å². The second-order valence-electron chi connectivity index (χ2n) is 5.22. The van der Waals surface area contributed by atoms with Crippen molar-refractivity contribution in [2.75, 3.05) is 11.9 Å². The number of hydrogen-bond acceptors (Lipinski definition) is 1. The molecule has 100 valence electrons. The molecule has 2 nitrogen and oxygen atoms in total. The van der Waals surface area contributed by atoms with Crippen LogP contribution in [-0.4, -0.2) is 17.8 Å². The smallest absolute Gasteiger partial charge is 0.223 e. The van der Waals surface area contributed by atoms with Crippen LogP contribution in [0.4, 0.5) is 0 Å². The summed E-state index contributed by atoms with van der Waals surface area (Å²) in [7, 11) is 0. The summed E-state index contributed by atoms with van der Waals surface area (Å²) in [6.07, 6.45) is 7.18. The molecule has 1 aliphatic rings. The van der Waals surface area contributed by atoms with Gasteiger partial charge in [-0.15, -0.1) is 0 Å². The van der Waals surface area contributed by atoms with E-state index in [1.165, 1.54) is 25.7 Å². The first-order chi connectivity index (χ1) is 8.22. The van der Waals surface area contributed by atoms with E-state index in [9.17, 15) is 4.79 Å². The van der Waals surface area contributed by atoms with Crippen LogP contribution in [0.1, 0.15) is 52.4 Å². The Morgan fingerprint density at radius 3 is 2.35 bits per heavy atom. The van der Waals surface area contributed by atoms with Crippen LogP contribution in [0.3, 0.4) is 0 Å². The van der Waals surface area contributed by atoms with Gasteiger partial charge in [-0.1, -0.05) is 42.6 Å². The van der Waals surface area contributed by atoms with Crippen LogP contribution in [0.2, 0.25) is 0 Å². The second-order valence-corrected chi connectivity index (χ2v) is 5.86. The van der Waals surface area contributed by atoms with Crippen LogP contribution < -0.4 is 5.32 Å². The summed E-state index contributed by atoms with van der Waals surface area (Å²) >= 11 is 3.60. The second kappa shape index (κ2) is 8.12. The molecular formula is C14H26BrNO. The Balaban J connectivity index is 2.35. The SMILES string of the molecule is CCC(CC)C(=O)NCC1CCCCC1CBr. The number of halogens is 1. The van der Waals surface area contributed by atoms with Crippen molar-refractivity contribution >= 4 is 21.8 Å². The van der Waals surface area contributed by atoms with Crippen LogP contribution in [0, 0.1) is 17.8 Å². The first kappa shape index (κ1) is 15.0. The van der Waals surface area contributed by atoms with Gasteiger partial charge in [-0.3, -0.25) is 4.79 Å². The molecule has 0 aromatic heterocycles. The van der Waals surface area contributed by atoms with Gasteiger partial charge in [0.25, 0.3) is 0 Å². The fourth-order valence-electron chi connectivity index (χ4n) is 2.79. The molecule has 0 aliphatic heterocycles. The van der Waals surface area contributed by atoms with Crippen molar-refractivity contribution in [2.24, 2.45) is 17.8 Å². The highest BCUT2D eigenvalue weighted by atomic mass is 79.9. The van der Waals surface area contributed by atoms with E-state index in [1.807, 2.05) is 0 Å². The molecule has 0 saturated heterocycles. The first-order valence-electron chi connectivity index (χ1n) is 7.06. The van der Waals surface area contributed by atoms with Crippen LogP contribution >= 0.6 is 15.9 Å². The standard InChI is InChI=1S/C14H26BrNO/c1-3-11(4-2)14(17)16-10-13-8-6-5-7-12(13)9-15/h11-13H,3-10H2,1-2H3,(H,16,17). The summed E-state index contributed by atoms with van der Waals surface area (Å²) in [4.78, 5) is 11.9. The lowest BCUT2D eigenvalue weighted by Gasteiger charge is -2.30. The molecule has 1 amide bonds. The van der Waals surface area contributed by atoms with Gasteiger partial charge in [0.05, 0.1) is 0 Å². The summed E-state index contributed by atoms with van der Waals surface area (Å²) < 4.78 is 0. The minimum Gasteiger partial charge on any atom is -0.356 e. The normalized spacial score (nSPS) is 24.9. The molecular weight excluding hydrogens is 278 g/mol. The fourth-order valence-corrected chi connectivity index (χ4v) is 3.64. The van der Waals surface area contributed by atoms with Gasteiger partial charge in [0.2, 0.25) is 5.91 Å². The highest BCUT2D eigenvalue weighted by Gasteiger charge is 2.25. The van der Waals surface area contributed by atoms with Crippen molar-refractivity contribution < 1.29 is 4.79 Å². The number of carbonyl (C=O) groups excluding carboxylic acids is 1. The minimum atomic E-state index is 0.209. The van der Waals surface area contributed by atoms with Gasteiger partial charge in [-0.2, -0.15) is 0 Å². The third-order valence-corrected chi connectivity index (χ3v) is 4.99. The van der Waals surface area contributed by atoms with Crippen molar-refractivity contribution in [2.45, 2.75) is 52.4 Å². The molecule has 0 spiro atoms.